The van der Waals surface area contributed by atoms with Gasteiger partial charge in [-0.05, 0) is 47.7 Å². The number of nitrogens with one attached hydrogen (secondary N) is 1. The number of fused-ring (bicyclic) bond motifs is 1. The lowest BCUT2D eigenvalue weighted by Gasteiger charge is -2.12. The van der Waals surface area contributed by atoms with Crippen LogP contribution in [0.4, 0.5) is 5.69 Å². The topological polar surface area (TPSA) is 34.1 Å². The van der Waals surface area contributed by atoms with Gasteiger partial charge in [-0.3, -0.25) is 4.98 Å². The summed E-state index contributed by atoms with van der Waals surface area (Å²) in [5, 5.41) is 5.91. The van der Waals surface area contributed by atoms with Gasteiger partial charge in [0.1, 0.15) is 5.75 Å². The first-order chi connectivity index (χ1) is 10.3. The van der Waals surface area contributed by atoms with E-state index in [-0.39, 0.29) is 0 Å². The third kappa shape index (κ3) is 2.82. The van der Waals surface area contributed by atoms with E-state index in [1.807, 2.05) is 24.5 Å². The Labute approximate surface area is 124 Å². The summed E-state index contributed by atoms with van der Waals surface area (Å²) in [5.41, 5.74) is 3.57. The molecule has 3 rings (SSSR count). The highest BCUT2D eigenvalue weighted by molar-refractivity contribution is 5.85. The van der Waals surface area contributed by atoms with Crippen LogP contribution in [-0.2, 0) is 6.54 Å². The maximum atomic E-state index is 5.24. The number of aryl methyl sites for hydroxylation is 1. The van der Waals surface area contributed by atoms with Crippen LogP contribution in [0.1, 0.15) is 11.1 Å². The lowest BCUT2D eigenvalue weighted by Crippen LogP contribution is -2.02. The van der Waals surface area contributed by atoms with Gasteiger partial charge in [-0.2, -0.15) is 0 Å². The molecule has 106 valence electrons. The molecule has 0 aliphatic rings. The summed E-state index contributed by atoms with van der Waals surface area (Å²) in [4.78, 5) is 4.17. The van der Waals surface area contributed by atoms with Crippen molar-refractivity contribution in [1.29, 1.82) is 0 Å². The summed E-state index contributed by atoms with van der Waals surface area (Å²) < 4.78 is 5.24. The Kier molecular flexibility index (Phi) is 3.73. The van der Waals surface area contributed by atoms with Crippen molar-refractivity contribution >= 4 is 16.5 Å². The van der Waals surface area contributed by atoms with E-state index in [9.17, 15) is 0 Å². The van der Waals surface area contributed by atoms with E-state index >= 15 is 0 Å². The number of aromatic nitrogens is 1. The van der Waals surface area contributed by atoms with Gasteiger partial charge in [0.05, 0.1) is 7.11 Å². The molecule has 0 aliphatic carbocycles. The van der Waals surface area contributed by atoms with Gasteiger partial charge in [0.2, 0.25) is 0 Å². The predicted octanol–water partition coefficient (Wildman–Crippen LogP) is 4.16. The van der Waals surface area contributed by atoms with Crippen LogP contribution in [0.15, 0.2) is 54.9 Å². The molecule has 0 amide bonds. The zero-order valence-electron chi connectivity index (χ0n) is 12.3. The zero-order chi connectivity index (χ0) is 14.7. The second-order valence-corrected chi connectivity index (χ2v) is 5.05. The number of methoxy groups -OCH3 is 1. The molecule has 0 radical (unpaired) electrons. The summed E-state index contributed by atoms with van der Waals surface area (Å²) in [6, 6.07) is 14.4. The number of hydrogen-bond acceptors (Lipinski definition) is 3. The van der Waals surface area contributed by atoms with E-state index in [2.05, 4.69) is 47.6 Å². The molecule has 3 aromatic rings. The molecule has 2 aromatic carbocycles. The standard InChI is InChI=1S/C18H18N2O/c1-13-10-16(21-2)6-7-18(13)20-12-15-5-3-4-14-11-19-9-8-17(14)15/h3-11,20H,12H2,1-2H3. The number of anilines is 1. The molecule has 0 bridgehead atoms. The molecule has 0 unspecified atom stereocenters. The number of hydrogen-bond donors (Lipinski definition) is 1. The fourth-order valence-corrected chi connectivity index (χ4v) is 2.50. The lowest BCUT2D eigenvalue weighted by atomic mass is 10.1. The molecule has 0 spiro atoms. The van der Waals surface area contributed by atoms with Crippen LogP contribution in [0.5, 0.6) is 5.75 Å². The largest absolute Gasteiger partial charge is 0.497 e. The van der Waals surface area contributed by atoms with Gasteiger partial charge in [-0.15, -0.1) is 0 Å². The Bertz CT molecular complexity index is 763. The molecular formula is C18H18N2O. The third-order valence-electron chi connectivity index (χ3n) is 3.67. The molecule has 21 heavy (non-hydrogen) atoms. The van der Waals surface area contributed by atoms with Gasteiger partial charge in [0.15, 0.2) is 0 Å². The van der Waals surface area contributed by atoms with Crippen LogP contribution in [0, 0.1) is 6.92 Å². The molecule has 3 nitrogen and oxygen atoms in total. The van der Waals surface area contributed by atoms with Gasteiger partial charge >= 0.3 is 0 Å². The second kappa shape index (κ2) is 5.83. The second-order valence-electron chi connectivity index (χ2n) is 5.05. The van der Waals surface area contributed by atoms with E-state index in [1.54, 1.807) is 7.11 Å². The Morgan fingerprint density at radius 3 is 2.86 bits per heavy atom. The van der Waals surface area contributed by atoms with Crippen molar-refractivity contribution in [3.05, 3.63) is 66.0 Å². The Morgan fingerprint density at radius 2 is 2.05 bits per heavy atom. The molecule has 1 aromatic heterocycles. The first-order valence-corrected chi connectivity index (χ1v) is 6.98. The van der Waals surface area contributed by atoms with Gasteiger partial charge in [-0.25, -0.2) is 0 Å². The van der Waals surface area contributed by atoms with Crippen molar-refractivity contribution in [3.63, 3.8) is 0 Å². The first kappa shape index (κ1) is 13.4. The summed E-state index contributed by atoms with van der Waals surface area (Å²) in [6.07, 6.45) is 3.74. The van der Waals surface area contributed by atoms with Gasteiger partial charge in [-0.1, -0.05) is 18.2 Å². The number of pyridine rings is 1. The van der Waals surface area contributed by atoms with Crippen molar-refractivity contribution in [2.75, 3.05) is 12.4 Å². The Hall–Kier alpha value is -2.55. The van der Waals surface area contributed by atoms with Crippen LogP contribution >= 0.6 is 0 Å². The average molecular weight is 278 g/mol. The molecular weight excluding hydrogens is 260 g/mol. The monoisotopic (exact) mass is 278 g/mol. The van der Waals surface area contributed by atoms with E-state index in [4.69, 9.17) is 4.74 Å². The molecule has 0 saturated heterocycles. The molecule has 3 heteroatoms. The molecule has 1 heterocycles. The SMILES string of the molecule is COc1ccc(NCc2cccc3cnccc23)c(C)c1. The number of nitrogens with zero attached hydrogens (tertiary/aromatic N) is 1. The summed E-state index contributed by atoms with van der Waals surface area (Å²) in [5.74, 6) is 0.884. The third-order valence-corrected chi connectivity index (χ3v) is 3.67. The quantitative estimate of drug-likeness (QED) is 0.778. The van der Waals surface area contributed by atoms with Gasteiger partial charge in [0, 0.05) is 30.0 Å². The van der Waals surface area contributed by atoms with Crippen LogP contribution in [-0.4, -0.2) is 12.1 Å². The number of rotatable bonds is 4. The zero-order valence-corrected chi connectivity index (χ0v) is 12.3. The highest BCUT2D eigenvalue weighted by atomic mass is 16.5. The van der Waals surface area contributed by atoms with E-state index in [0.29, 0.717) is 0 Å². The molecule has 0 aliphatic heterocycles. The van der Waals surface area contributed by atoms with E-state index in [1.165, 1.54) is 21.9 Å². The maximum Gasteiger partial charge on any atom is 0.119 e. The highest BCUT2D eigenvalue weighted by Crippen LogP contribution is 2.23. The lowest BCUT2D eigenvalue weighted by molar-refractivity contribution is 0.414. The van der Waals surface area contributed by atoms with Crippen molar-refractivity contribution in [2.45, 2.75) is 13.5 Å². The smallest absolute Gasteiger partial charge is 0.119 e. The minimum absolute atomic E-state index is 0.786. The van der Waals surface area contributed by atoms with Crippen molar-refractivity contribution in [1.82, 2.24) is 4.98 Å². The number of benzene rings is 2. The molecule has 1 N–H and O–H groups in total. The van der Waals surface area contributed by atoms with Crippen LogP contribution < -0.4 is 10.1 Å². The van der Waals surface area contributed by atoms with Crippen LogP contribution in [0.3, 0.4) is 0 Å². The van der Waals surface area contributed by atoms with Crippen molar-refractivity contribution in [2.24, 2.45) is 0 Å². The fourth-order valence-electron chi connectivity index (χ4n) is 2.50. The van der Waals surface area contributed by atoms with Crippen molar-refractivity contribution < 1.29 is 4.74 Å². The Balaban J connectivity index is 1.84. The van der Waals surface area contributed by atoms with Gasteiger partial charge in [0.25, 0.3) is 0 Å². The molecule has 0 saturated carbocycles. The Morgan fingerprint density at radius 1 is 1.14 bits per heavy atom. The maximum absolute atomic E-state index is 5.24. The van der Waals surface area contributed by atoms with Gasteiger partial charge < -0.3 is 10.1 Å². The summed E-state index contributed by atoms with van der Waals surface area (Å²) in [7, 11) is 1.69. The van der Waals surface area contributed by atoms with E-state index in [0.717, 1.165) is 18.0 Å². The molecule has 0 fully saturated rings. The minimum Gasteiger partial charge on any atom is -0.497 e. The fraction of sp³-hybridized carbons (Fsp3) is 0.167. The summed E-state index contributed by atoms with van der Waals surface area (Å²) in [6.45, 7) is 2.87. The number of ether oxygens (including phenoxy) is 1. The first-order valence-electron chi connectivity index (χ1n) is 6.98. The minimum atomic E-state index is 0.786. The predicted molar refractivity (Wildman–Crippen MR) is 86.8 cm³/mol. The van der Waals surface area contributed by atoms with Crippen LogP contribution in [0.25, 0.3) is 10.8 Å². The summed E-state index contributed by atoms with van der Waals surface area (Å²) >= 11 is 0. The highest BCUT2D eigenvalue weighted by Gasteiger charge is 2.03. The van der Waals surface area contributed by atoms with Crippen molar-refractivity contribution in [3.8, 4) is 5.75 Å². The van der Waals surface area contributed by atoms with E-state index < -0.39 is 0 Å². The molecule has 0 atom stereocenters. The average Bonchev–Trinajstić information content (AvgIpc) is 2.53. The normalized spacial score (nSPS) is 10.6. The van der Waals surface area contributed by atoms with Crippen LogP contribution in [0.2, 0.25) is 0 Å².